The number of nitrogens with one attached hydrogen (secondary N) is 2. The van der Waals surface area contributed by atoms with Gasteiger partial charge >= 0.3 is 0 Å². The van der Waals surface area contributed by atoms with E-state index in [1.807, 2.05) is 0 Å². The van der Waals surface area contributed by atoms with Gasteiger partial charge in [-0.1, -0.05) is 0 Å². The van der Waals surface area contributed by atoms with Gasteiger partial charge < -0.3 is 19.9 Å². The summed E-state index contributed by atoms with van der Waals surface area (Å²) < 4.78 is 10.3. The predicted octanol–water partition coefficient (Wildman–Crippen LogP) is 4.17. The van der Waals surface area contributed by atoms with E-state index in [0.717, 1.165) is 30.7 Å². The van der Waals surface area contributed by atoms with Crippen LogP contribution in [0.4, 0.5) is 5.13 Å². The quantitative estimate of drug-likeness (QED) is 0.364. The summed E-state index contributed by atoms with van der Waals surface area (Å²) in [6.07, 6.45) is 1.86. The van der Waals surface area contributed by atoms with E-state index in [1.165, 1.54) is 26.4 Å². The van der Waals surface area contributed by atoms with Gasteiger partial charge in [0.05, 0.1) is 19.8 Å². The molecule has 2 aromatic rings. The van der Waals surface area contributed by atoms with Crippen LogP contribution in [0.5, 0.6) is 17.2 Å². The number of phenolic OH excluding ortho intramolecular Hbond substituents is 1. The number of halogens is 1. The Kier molecular flexibility index (Phi) is 12.1. The minimum Gasteiger partial charge on any atom is -0.507 e. The van der Waals surface area contributed by atoms with Crippen LogP contribution in [0.15, 0.2) is 17.5 Å². The lowest BCUT2D eigenvalue weighted by atomic mass is 10.1. The lowest BCUT2D eigenvalue weighted by Gasteiger charge is -2.30. The number of aromatic hydroxyl groups is 1. The summed E-state index contributed by atoms with van der Waals surface area (Å²) in [5.74, 6) is -0.501. The summed E-state index contributed by atoms with van der Waals surface area (Å²) in [5, 5.41) is 17.4. The monoisotopic (exact) mass is 514 g/mol. The summed E-state index contributed by atoms with van der Waals surface area (Å²) in [5.41, 5.74) is 0.239. The molecule has 0 aliphatic rings. The van der Waals surface area contributed by atoms with Gasteiger partial charge in [0.25, 0.3) is 11.8 Å². The number of unbranched alkanes of at least 4 members (excludes halogenated alkanes) is 1. The molecule has 0 spiro atoms. The molecule has 2 rings (SSSR count). The molecular weight excluding hydrogens is 480 g/mol. The summed E-state index contributed by atoms with van der Waals surface area (Å²) in [7, 11) is 2.87. The smallest absolute Gasteiger partial charge is 0.270 e. The number of methoxy groups -OCH3 is 2. The average Bonchev–Trinajstić information content (AvgIpc) is 3.23. The number of aromatic nitrogens is 1. The van der Waals surface area contributed by atoms with Crippen molar-refractivity contribution < 1.29 is 24.2 Å². The zero-order chi connectivity index (χ0) is 24.5. The maximum absolute atomic E-state index is 12.6. The van der Waals surface area contributed by atoms with Crippen LogP contribution in [0.3, 0.4) is 0 Å². The molecule has 1 aromatic carbocycles. The molecule has 34 heavy (non-hydrogen) atoms. The number of carbonyl (C=O) groups is 2. The molecule has 190 valence electrons. The third kappa shape index (κ3) is 8.03. The van der Waals surface area contributed by atoms with Gasteiger partial charge in [-0.15, -0.1) is 23.7 Å². The number of carbonyl (C=O) groups excluding carboxylic acids is 2. The van der Waals surface area contributed by atoms with Crippen LogP contribution in [0.1, 0.15) is 61.4 Å². The lowest BCUT2D eigenvalue weighted by molar-refractivity contribution is 0.0945. The minimum atomic E-state index is -0.574. The van der Waals surface area contributed by atoms with Crippen molar-refractivity contribution in [3.8, 4) is 17.2 Å². The Morgan fingerprint density at radius 1 is 1.06 bits per heavy atom. The Morgan fingerprint density at radius 3 is 2.26 bits per heavy atom. The summed E-state index contributed by atoms with van der Waals surface area (Å²) >= 11 is 1.13. The molecule has 0 fully saturated rings. The molecule has 0 unspecified atom stereocenters. The SMILES string of the molecule is COc1cc(O)c(C(=O)Nc2nc(C(=O)NCCCCN(C(C)C)C(C)C)cs2)cc1OC.Cl. The lowest BCUT2D eigenvalue weighted by Crippen LogP contribution is -2.38. The van der Waals surface area contributed by atoms with Gasteiger partial charge in [0.2, 0.25) is 0 Å². The summed E-state index contributed by atoms with van der Waals surface area (Å²) in [6, 6.07) is 3.66. The van der Waals surface area contributed by atoms with E-state index in [4.69, 9.17) is 9.47 Å². The van der Waals surface area contributed by atoms with Crippen molar-refractivity contribution >= 4 is 40.7 Å². The van der Waals surface area contributed by atoms with Crippen LogP contribution in [0.2, 0.25) is 0 Å². The molecule has 0 bridgehead atoms. The minimum absolute atomic E-state index is 0. The highest BCUT2D eigenvalue weighted by Crippen LogP contribution is 2.34. The highest BCUT2D eigenvalue weighted by Gasteiger charge is 2.19. The first-order valence-corrected chi connectivity index (χ1v) is 11.8. The largest absolute Gasteiger partial charge is 0.507 e. The second-order valence-electron chi connectivity index (χ2n) is 8.10. The number of hydrogen-bond acceptors (Lipinski definition) is 8. The van der Waals surface area contributed by atoms with E-state index in [1.54, 1.807) is 5.38 Å². The van der Waals surface area contributed by atoms with Crippen molar-refractivity contribution in [2.45, 2.75) is 52.6 Å². The van der Waals surface area contributed by atoms with Crippen LogP contribution in [-0.4, -0.2) is 66.2 Å². The molecule has 0 radical (unpaired) electrons. The van der Waals surface area contributed by atoms with Crippen molar-refractivity contribution in [3.05, 3.63) is 28.8 Å². The standard InChI is InChI=1S/C23H34N4O5S.ClH/c1-14(2)27(15(3)4)10-8-7-9-24-22(30)17-13-33-23(25-17)26-21(29)16-11-19(31-5)20(32-6)12-18(16)28;/h11-15,28H,7-10H2,1-6H3,(H,24,30)(H,25,26,29);1H. The van der Waals surface area contributed by atoms with Crippen molar-refractivity contribution in [2.24, 2.45) is 0 Å². The maximum Gasteiger partial charge on any atom is 0.270 e. The van der Waals surface area contributed by atoms with Crippen molar-refractivity contribution in [1.29, 1.82) is 0 Å². The van der Waals surface area contributed by atoms with E-state index in [0.29, 0.717) is 30.1 Å². The zero-order valence-electron chi connectivity index (χ0n) is 20.5. The highest BCUT2D eigenvalue weighted by atomic mass is 35.5. The number of nitrogens with zero attached hydrogens (tertiary/aromatic N) is 2. The molecule has 11 heteroatoms. The number of hydrogen-bond donors (Lipinski definition) is 3. The van der Waals surface area contributed by atoms with Gasteiger partial charge in [-0.05, 0) is 47.1 Å². The summed E-state index contributed by atoms with van der Waals surface area (Å²) in [4.78, 5) is 31.6. The number of phenols is 1. The van der Waals surface area contributed by atoms with Crippen molar-refractivity contribution in [1.82, 2.24) is 15.2 Å². The number of rotatable bonds is 12. The molecule has 0 aliphatic carbocycles. The maximum atomic E-state index is 12.6. The van der Waals surface area contributed by atoms with Gasteiger partial charge in [0, 0.05) is 36.1 Å². The van der Waals surface area contributed by atoms with E-state index in [9.17, 15) is 14.7 Å². The molecule has 0 aliphatic heterocycles. The fourth-order valence-corrected chi connectivity index (χ4v) is 4.16. The van der Waals surface area contributed by atoms with E-state index in [2.05, 4.69) is 48.2 Å². The number of thiazole rings is 1. The molecule has 2 amide bonds. The Hall–Kier alpha value is -2.56. The Labute approximate surface area is 211 Å². The second kappa shape index (κ2) is 14.0. The highest BCUT2D eigenvalue weighted by molar-refractivity contribution is 7.14. The molecule has 1 heterocycles. The van der Waals surface area contributed by atoms with Crippen LogP contribution < -0.4 is 20.1 Å². The molecule has 1 aromatic heterocycles. The fourth-order valence-electron chi connectivity index (χ4n) is 3.47. The third-order valence-corrected chi connectivity index (χ3v) is 5.92. The van der Waals surface area contributed by atoms with Gasteiger partial charge in [0.1, 0.15) is 11.4 Å². The Bertz CT molecular complexity index is 943. The topological polar surface area (TPSA) is 113 Å². The zero-order valence-corrected chi connectivity index (χ0v) is 22.1. The number of ether oxygens (including phenoxy) is 2. The number of anilines is 1. The third-order valence-electron chi connectivity index (χ3n) is 5.16. The molecular formula is C23H35ClN4O5S. The predicted molar refractivity (Wildman–Crippen MR) is 137 cm³/mol. The fraction of sp³-hybridized carbons (Fsp3) is 0.522. The van der Waals surface area contributed by atoms with Crippen LogP contribution >= 0.6 is 23.7 Å². The number of amides is 2. The van der Waals surface area contributed by atoms with Gasteiger partial charge in [-0.3, -0.25) is 19.8 Å². The van der Waals surface area contributed by atoms with E-state index < -0.39 is 5.91 Å². The van der Waals surface area contributed by atoms with Crippen LogP contribution in [-0.2, 0) is 0 Å². The Morgan fingerprint density at radius 2 is 1.68 bits per heavy atom. The molecule has 0 atom stereocenters. The first-order chi connectivity index (χ1) is 15.7. The van der Waals surface area contributed by atoms with Crippen molar-refractivity contribution in [2.75, 3.05) is 32.6 Å². The molecule has 9 nitrogen and oxygen atoms in total. The van der Waals surface area contributed by atoms with Gasteiger partial charge in [0.15, 0.2) is 16.6 Å². The first-order valence-electron chi connectivity index (χ1n) is 10.9. The molecule has 0 saturated heterocycles. The molecule has 3 N–H and O–H groups in total. The molecule has 0 saturated carbocycles. The first kappa shape index (κ1) is 29.5. The second-order valence-corrected chi connectivity index (χ2v) is 8.96. The van der Waals surface area contributed by atoms with E-state index in [-0.39, 0.29) is 40.5 Å². The van der Waals surface area contributed by atoms with E-state index >= 15 is 0 Å². The van der Waals surface area contributed by atoms with Crippen LogP contribution in [0.25, 0.3) is 0 Å². The van der Waals surface area contributed by atoms with Gasteiger partial charge in [-0.2, -0.15) is 0 Å². The van der Waals surface area contributed by atoms with Gasteiger partial charge in [-0.25, -0.2) is 4.98 Å². The average molecular weight is 515 g/mol. The normalized spacial score (nSPS) is 10.9. The Balaban J connectivity index is 0.00000578. The summed E-state index contributed by atoms with van der Waals surface area (Å²) in [6.45, 7) is 10.3. The van der Waals surface area contributed by atoms with Crippen molar-refractivity contribution in [3.63, 3.8) is 0 Å². The number of benzene rings is 1. The van der Waals surface area contributed by atoms with Crippen LogP contribution in [0, 0.1) is 0 Å².